The molecule has 0 heterocycles. The van der Waals surface area contributed by atoms with Crippen molar-refractivity contribution in [3.63, 3.8) is 0 Å². The van der Waals surface area contributed by atoms with Crippen LogP contribution in [0, 0.1) is 0 Å². The highest BCUT2D eigenvalue weighted by molar-refractivity contribution is 9.08. The lowest BCUT2D eigenvalue weighted by Gasteiger charge is -2.15. The minimum atomic E-state index is -0.148. The smallest absolute Gasteiger partial charge is 0.255 e. The standard InChI is InChI=1S/C16H16BrClN2O/c1-20(2)15-8-7-13(9-14(15)18)19-16(21)12-5-3-11(10-17)4-6-12/h3-9H,10H2,1-2H3,(H,19,21). The summed E-state index contributed by atoms with van der Waals surface area (Å²) in [6, 6.07) is 12.9. The van der Waals surface area contributed by atoms with Gasteiger partial charge in [-0.1, -0.05) is 39.7 Å². The van der Waals surface area contributed by atoms with E-state index in [2.05, 4.69) is 21.2 Å². The average Bonchev–Trinajstić information content (AvgIpc) is 2.47. The van der Waals surface area contributed by atoms with Crippen LogP contribution in [0.3, 0.4) is 0 Å². The van der Waals surface area contributed by atoms with Gasteiger partial charge in [-0.05, 0) is 35.9 Å². The number of halogens is 2. The Kier molecular flexibility index (Phi) is 5.26. The van der Waals surface area contributed by atoms with Crippen LogP contribution in [-0.4, -0.2) is 20.0 Å². The molecule has 0 spiro atoms. The lowest BCUT2D eigenvalue weighted by Crippen LogP contribution is -2.13. The molecule has 1 N–H and O–H groups in total. The van der Waals surface area contributed by atoms with E-state index in [1.54, 1.807) is 6.07 Å². The van der Waals surface area contributed by atoms with Crippen LogP contribution in [0.25, 0.3) is 0 Å². The molecule has 0 aromatic heterocycles. The highest BCUT2D eigenvalue weighted by atomic mass is 79.9. The van der Waals surface area contributed by atoms with Crippen LogP contribution in [0.1, 0.15) is 15.9 Å². The average molecular weight is 368 g/mol. The summed E-state index contributed by atoms with van der Waals surface area (Å²) >= 11 is 9.58. The van der Waals surface area contributed by atoms with Gasteiger partial charge in [-0.2, -0.15) is 0 Å². The number of carbonyl (C=O) groups excluding carboxylic acids is 1. The van der Waals surface area contributed by atoms with E-state index in [4.69, 9.17) is 11.6 Å². The van der Waals surface area contributed by atoms with Gasteiger partial charge in [0.1, 0.15) is 0 Å². The topological polar surface area (TPSA) is 32.3 Å². The number of alkyl halides is 1. The summed E-state index contributed by atoms with van der Waals surface area (Å²) in [4.78, 5) is 14.1. The van der Waals surface area contributed by atoms with Gasteiger partial charge in [-0.15, -0.1) is 0 Å². The molecule has 2 aromatic carbocycles. The molecule has 0 atom stereocenters. The van der Waals surface area contributed by atoms with Gasteiger partial charge in [0.2, 0.25) is 0 Å². The molecule has 0 fully saturated rings. The van der Waals surface area contributed by atoms with E-state index in [1.807, 2.05) is 55.4 Å². The minimum Gasteiger partial charge on any atom is -0.376 e. The number of nitrogens with one attached hydrogen (secondary N) is 1. The van der Waals surface area contributed by atoms with Crippen molar-refractivity contribution in [2.75, 3.05) is 24.3 Å². The van der Waals surface area contributed by atoms with Gasteiger partial charge >= 0.3 is 0 Å². The SMILES string of the molecule is CN(C)c1ccc(NC(=O)c2ccc(CBr)cc2)cc1Cl. The lowest BCUT2D eigenvalue weighted by molar-refractivity contribution is 0.102. The number of hydrogen-bond donors (Lipinski definition) is 1. The molecule has 2 aromatic rings. The van der Waals surface area contributed by atoms with Crippen LogP contribution in [0.2, 0.25) is 5.02 Å². The number of rotatable bonds is 4. The molecular formula is C16H16BrClN2O. The molecule has 0 saturated heterocycles. The van der Waals surface area contributed by atoms with Crippen molar-refractivity contribution in [2.24, 2.45) is 0 Å². The predicted molar refractivity (Wildman–Crippen MR) is 92.8 cm³/mol. The Labute approximate surface area is 138 Å². The zero-order chi connectivity index (χ0) is 15.4. The zero-order valence-corrected chi connectivity index (χ0v) is 14.2. The molecule has 0 radical (unpaired) electrons. The summed E-state index contributed by atoms with van der Waals surface area (Å²) in [7, 11) is 3.84. The summed E-state index contributed by atoms with van der Waals surface area (Å²) < 4.78 is 0. The highest BCUT2D eigenvalue weighted by Gasteiger charge is 2.08. The van der Waals surface area contributed by atoms with Gasteiger partial charge in [0, 0.05) is 30.7 Å². The fourth-order valence-electron chi connectivity index (χ4n) is 1.90. The molecule has 3 nitrogen and oxygen atoms in total. The second-order valence-electron chi connectivity index (χ2n) is 4.85. The Morgan fingerprint density at radius 1 is 1.19 bits per heavy atom. The first-order valence-corrected chi connectivity index (χ1v) is 7.94. The Morgan fingerprint density at radius 3 is 2.38 bits per heavy atom. The van der Waals surface area contributed by atoms with E-state index in [1.165, 1.54) is 0 Å². The predicted octanol–water partition coefficient (Wildman–Crippen LogP) is 4.55. The fourth-order valence-corrected chi connectivity index (χ4v) is 2.62. The Bertz CT molecular complexity index is 641. The van der Waals surface area contributed by atoms with E-state index in [-0.39, 0.29) is 5.91 Å². The first-order chi connectivity index (χ1) is 10.0. The Balaban J connectivity index is 2.13. The van der Waals surface area contributed by atoms with Gasteiger partial charge < -0.3 is 10.2 Å². The van der Waals surface area contributed by atoms with Gasteiger partial charge in [-0.3, -0.25) is 4.79 Å². The van der Waals surface area contributed by atoms with Gasteiger partial charge in [0.15, 0.2) is 0 Å². The fraction of sp³-hybridized carbons (Fsp3) is 0.188. The molecule has 0 aliphatic rings. The van der Waals surface area contributed by atoms with Crippen molar-refractivity contribution < 1.29 is 4.79 Å². The largest absolute Gasteiger partial charge is 0.376 e. The number of hydrogen-bond acceptors (Lipinski definition) is 2. The second-order valence-corrected chi connectivity index (χ2v) is 5.81. The van der Waals surface area contributed by atoms with Crippen molar-refractivity contribution in [1.82, 2.24) is 0 Å². The van der Waals surface area contributed by atoms with Crippen LogP contribution in [0.15, 0.2) is 42.5 Å². The van der Waals surface area contributed by atoms with Crippen LogP contribution in [-0.2, 0) is 5.33 Å². The van der Waals surface area contributed by atoms with Gasteiger partial charge in [0.25, 0.3) is 5.91 Å². The summed E-state index contributed by atoms with van der Waals surface area (Å²) in [6.07, 6.45) is 0. The number of nitrogens with zero attached hydrogens (tertiary/aromatic N) is 1. The van der Waals surface area contributed by atoms with Crippen LogP contribution in [0.4, 0.5) is 11.4 Å². The number of anilines is 2. The van der Waals surface area contributed by atoms with Crippen molar-refractivity contribution in [1.29, 1.82) is 0 Å². The third-order valence-corrected chi connectivity index (χ3v) is 4.01. The Hall–Kier alpha value is -1.52. The van der Waals surface area contributed by atoms with Gasteiger partial charge in [0.05, 0.1) is 10.7 Å². The van der Waals surface area contributed by atoms with Crippen LogP contribution in [0.5, 0.6) is 0 Å². The minimum absolute atomic E-state index is 0.148. The molecule has 0 aliphatic carbocycles. The molecule has 0 unspecified atom stereocenters. The van der Waals surface area contributed by atoms with E-state index in [9.17, 15) is 4.79 Å². The van der Waals surface area contributed by atoms with Crippen LogP contribution < -0.4 is 10.2 Å². The summed E-state index contributed by atoms with van der Waals surface area (Å²) in [5.41, 5.74) is 3.34. The molecule has 21 heavy (non-hydrogen) atoms. The maximum absolute atomic E-state index is 12.2. The second kappa shape index (κ2) is 6.96. The zero-order valence-electron chi connectivity index (χ0n) is 11.9. The van der Waals surface area contributed by atoms with E-state index >= 15 is 0 Å². The first-order valence-electron chi connectivity index (χ1n) is 6.44. The monoisotopic (exact) mass is 366 g/mol. The summed E-state index contributed by atoms with van der Waals surface area (Å²) in [5, 5.41) is 4.23. The van der Waals surface area contributed by atoms with Crippen molar-refractivity contribution in [2.45, 2.75) is 5.33 Å². The van der Waals surface area contributed by atoms with Crippen molar-refractivity contribution >= 4 is 44.8 Å². The van der Waals surface area contributed by atoms with E-state index in [0.29, 0.717) is 16.3 Å². The molecule has 0 aliphatic heterocycles. The third-order valence-electron chi connectivity index (χ3n) is 3.06. The number of carbonyl (C=O) groups is 1. The first kappa shape index (κ1) is 15.9. The highest BCUT2D eigenvalue weighted by Crippen LogP contribution is 2.27. The molecule has 2 rings (SSSR count). The van der Waals surface area contributed by atoms with E-state index in [0.717, 1.165) is 16.6 Å². The number of benzene rings is 2. The van der Waals surface area contributed by atoms with E-state index < -0.39 is 0 Å². The quantitative estimate of drug-likeness (QED) is 0.804. The molecule has 1 amide bonds. The van der Waals surface area contributed by atoms with Crippen molar-refractivity contribution in [3.8, 4) is 0 Å². The van der Waals surface area contributed by atoms with Crippen molar-refractivity contribution in [3.05, 3.63) is 58.6 Å². The number of amides is 1. The normalized spacial score (nSPS) is 10.3. The maximum Gasteiger partial charge on any atom is 0.255 e. The molecule has 5 heteroatoms. The third kappa shape index (κ3) is 3.99. The van der Waals surface area contributed by atoms with Crippen LogP contribution >= 0.6 is 27.5 Å². The molecule has 0 saturated carbocycles. The Morgan fingerprint density at radius 2 is 1.86 bits per heavy atom. The lowest BCUT2D eigenvalue weighted by atomic mass is 10.1. The maximum atomic E-state index is 12.2. The molecule has 110 valence electrons. The summed E-state index contributed by atoms with van der Waals surface area (Å²) in [5.74, 6) is -0.148. The molecule has 0 bridgehead atoms. The molecular weight excluding hydrogens is 352 g/mol. The summed E-state index contributed by atoms with van der Waals surface area (Å²) in [6.45, 7) is 0. The van der Waals surface area contributed by atoms with Gasteiger partial charge in [-0.25, -0.2) is 0 Å².